The normalized spacial score (nSPS) is 18.6. The molecule has 0 bridgehead atoms. The minimum atomic E-state index is -3.73. The zero-order chi connectivity index (χ0) is 15.8. The van der Waals surface area contributed by atoms with Crippen LogP contribution in [-0.2, 0) is 10.0 Å². The number of carbonyl (C=O) groups is 1. The van der Waals surface area contributed by atoms with Crippen LogP contribution >= 0.6 is 0 Å². The molecule has 5 nitrogen and oxygen atoms in total. The third-order valence-corrected chi connectivity index (χ3v) is 5.07. The fourth-order valence-corrected chi connectivity index (χ4v) is 3.14. The number of carbonyl (C=O) groups excluding carboxylic acids is 1. The summed E-state index contributed by atoms with van der Waals surface area (Å²) in [5, 5.41) is 5.10. The first-order valence-electron chi connectivity index (χ1n) is 7.03. The van der Waals surface area contributed by atoms with Gasteiger partial charge in [0, 0.05) is 18.7 Å². The molecule has 0 saturated carbocycles. The molecule has 1 fully saturated rings. The second-order valence-corrected chi connectivity index (χ2v) is 8.04. The number of nitrogens with zero attached hydrogens (tertiary/aromatic N) is 1. The van der Waals surface area contributed by atoms with Crippen LogP contribution in [0.25, 0.3) is 0 Å². The number of primary sulfonamides is 1. The average molecular weight is 310 g/mol. The largest absolute Gasteiger partial charge is 0.339 e. The zero-order valence-corrected chi connectivity index (χ0v) is 13.5. The van der Waals surface area contributed by atoms with Gasteiger partial charge in [0.05, 0.1) is 4.90 Å². The highest BCUT2D eigenvalue weighted by Gasteiger charge is 2.29. The van der Waals surface area contributed by atoms with Crippen LogP contribution in [0.15, 0.2) is 23.1 Å². The maximum absolute atomic E-state index is 12.5. The number of hydrogen-bond acceptors (Lipinski definition) is 3. The Labute approximate surface area is 126 Å². The fraction of sp³-hybridized carbons (Fsp3) is 0.533. The third-order valence-electron chi connectivity index (χ3n) is 4.16. The lowest BCUT2D eigenvalue weighted by atomic mass is 9.82. The minimum Gasteiger partial charge on any atom is -0.339 e. The summed E-state index contributed by atoms with van der Waals surface area (Å²) in [6, 6.07) is 4.40. The predicted octanol–water partition coefficient (Wildman–Crippen LogP) is 1.90. The molecule has 1 amide bonds. The van der Waals surface area contributed by atoms with Gasteiger partial charge >= 0.3 is 0 Å². The molecule has 0 spiro atoms. The number of piperidine rings is 1. The third kappa shape index (κ3) is 3.63. The lowest BCUT2D eigenvalue weighted by Crippen LogP contribution is -2.41. The van der Waals surface area contributed by atoms with E-state index in [0.29, 0.717) is 11.1 Å². The molecule has 1 aromatic rings. The van der Waals surface area contributed by atoms with Crippen molar-refractivity contribution in [1.29, 1.82) is 0 Å². The molecule has 21 heavy (non-hydrogen) atoms. The van der Waals surface area contributed by atoms with Crippen molar-refractivity contribution in [2.45, 2.75) is 38.5 Å². The van der Waals surface area contributed by atoms with E-state index in [1.54, 1.807) is 13.0 Å². The number of rotatable bonds is 2. The molecule has 1 aromatic carbocycles. The maximum Gasteiger partial charge on any atom is 0.254 e. The summed E-state index contributed by atoms with van der Waals surface area (Å²) in [5.74, 6) is -0.0380. The first-order valence-corrected chi connectivity index (χ1v) is 8.57. The lowest BCUT2D eigenvalue weighted by molar-refractivity contribution is 0.0629. The molecule has 116 valence electrons. The average Bonchev–Trinajstić information content (AvgIpc) is 2.36. The molecule has 2 rings (SSSR count). The van der Waals surface area contributed by atoms with Crippen LogP contribution in [0.4, 0.5) is 0 Å². The smallest absolute Gasteiger partial charge is 0.254 e. The van der Waals surface area contributed by atoms with Gasteiger partial charge in [-0.05, 0) is 48.9 Å². The Balaban J connectivity index is 2.21. The van der Waals surface area contributed by atoms with Crippen LogP contribution in [0.1, 0.15) is 42.6 Å². The van der Waals surface area contributed by atoms with Gasteiger partial charge in [0.25, 0.3) is 5.91 Å². The molecule has 6 heteroatoms. The second-order valence-electron chi connectivity index (χ2n) is 6.48. The van der Waals surface area contributed by atoms with E-state index in [1.807, 2.05) is 4.90 Å². The highest BCUT2D eigenvalue weighted by molar-refractivity contribution is 7.89. The Bertz CT molecular complexity index is 655. The zero-order valence-electron chi connectivity index (χ0n) is 12.7. The molecule has 1 aliphatic heterocycles. The molecule has 1 saturated heterocycles. The predicted molar refractivity (Wildman–Crippen MR) is 81.5 cm³/mol. The number of amides is 1. The monoisotopic (exact) mass is 310 g/mol. The molecule has 0 aliphatic carbocycles. The van der Waals surface area contributed by atoms with Gasteiger partial charge < -0.3 is 4.90 Å². The molecule has 0 aromatic heterocycles. The van der Waals surface area contributed by atoms with E-state index in [1.165, 1.54) is 12.1 Å². The van der Waals surface area contributed by atoms with Gasteiger partial charge in [0.1, 0.15) is 0 Å². The van der Waals surface area contributed by atoms with E-state index in [2.05, 4.69) is 13.8 Å². The number of sulfonamides is 1. The van der Waals surface area contributed by atoms with Gasteiger partial charge in [0.15, 0.2) is 0 Å². The molecule has 1 aliphatic rings. The van der Waals surface area contributed by atoms with Crippen molar-refractivity contribution in [3.8, 4) is 0 Å². The summed E-state index contributed by atoms with van der Waals surface area (Å²) in [7, 11) is -3.73. The molecule has 1 heterocycles. The Morgan fingerprint density at radius 3 is 2.29 bits per heavy atom. The Morgan fingerprint density at radius 2 is 1.81 bits per heavy atom. The minimum absolute atomic E-state index is 0.0380. The van der Waals surface area contributed by atoms with Crippen molar-refractivity contribution in [2.24, 2.45) is 10.6 Å². The molecule has 2 N–H and O–H groups in total. The number of hydrogen-bond donors (Lipinski definition) is 1. The topological polar surface area (TPSA) is 80.5 Å². The summed E-state index contributed by atoms with van der Waals surface area (Å²) in [5.41, 5.74) is 1.46. The number of nitrogens with two attached hydrogens (primary N) is 1. The quantitative estimate of drug-likeness (QED) is 0.906. The van der Waals surface area contributed by atoms with E-state index >= 15 is 0 Å². The highest BCUT2D eigenvalue weighted by Crippen LogP contribution is 2.30. The molecule has 0 atom stereocenters. The summed E-state index contributed by atoms with van der Waals surface area (Å²) in [6.07, 6.45) is 1.96. The Morgan fingerprint density at radius 1 is 1.24 bits per heavy atom. The summed E-state index contributed by atoms with van der Waals surface area (Å²) < 4.78 is 22.6. The van der Waals surface area contributed by atoms with E-state index in [4.69, 9.17) is 5.14 Å². The summed E-state index contributed by atoms with van der Waals surface area (Å²) >= 11 is 0. The van der Waals surface area contributed by atoms with E-state index in [9.17, 15) is 13.2 Å². The summed E-state index contributed by atoms with van der Waals surface area (Å²) in [4.78, 5) is 14.4. The molecular formula is C15H22N2O3S. The summed E-state index contributed by atoms with van der Waals surface area (Å²) in [6.45, 7) is 7.63. The number of aryl methyl sites for hydroxylation is 1. The molecular weight excluding hydrogens is 288 g/mol. The van der Waals surface area contributed by atoms with Crippen molar-refractivity contribution in [1.82, 2.24) is 4.90 Å². The van der Waals surface area contributed by atoms with Crippen LogP contribution < -0.4 is 5.14 Å². The van der Waals surface area contributed by atoms with Crippen molar-refractivity contribution in [2.75, 3.05) is 13.1 Å². The van der Waals surface area contributed by atoms with Crippen molar-refractivity contribution < 1.29 is 13.2 Å². The van der Waals surface area contributed by atoms with Crippen molar-refractivity contribution in [3.63, 3.8) is 0 Å². The van der Waals surface area contributed by atoms with Gasteiger partial charge in [-0.15, -0.1) is 0 Å². The number of benzene rings is 1. The Kier molecular flexibility index (Phi) is 4.13. The highest BCUT2D eigenvalue weighted by atomic mass is 32.2. The van der Waals surface area contributed by atoms with Crippen LogP contribution in [-0.4, -0.2) is 32.3 Å². The van der Waals surface area contributed by atoms with Gasteiger partial charge in [-0.3, -0.25) is 4.79 Å². The van der Waals surface area contributed by atoms with Gasteiger partial charge in [-0.2, -0.15) is 0 Å². The first-order chi connectivity index (χ1) is 9.60. The van der Waals surface area contributed by atoms with Gasteiger partial charge in [-0.1, -0.05) is 13.8 Å². The van der Waals surface area contributed by atoms with Crippen LogP contribution in [0.3, 0.4) is 0 Å². The van der Waals surface area contributed by atoms with Crippen LogP contribution in [0, 0.1) is 12.3 Å². The Hall–Kier alpha value is -1.40. The van der Waals surface area contributed by atoms with E-state index in [0.717, 1.165) is 25.9 Å². The molecule has 0 radical (unpaired) electrons. The van der Waals surface area contributed by atoms with Crippen LogP contribution in [0.2, 0.25) is 0 Å². The molecule has 0 unspecified atom stereocenters. The lowest BCUT2D eigenvalue weighted by Gasteiger charge is -2.37. The second kappa shape index (κ2) is 5.42. The standard InChI is InChI=1S/C15H22N2O3S/c1-11-10-12(21(16,19)20)4-5-13(11)14(18)17-8-6-15(2,3)7-9-17/h4-5,10H,6-9H2,1-3H3,(H2,16,19,20). The maximum atomic E-state index is 12.5. The van der Waals surface area contributed by atoms with E-state index < -0.39 is 10.0 Å². The SMILES string of the molecule is Cc1cc(S(N)(=O)=O)ccc1C(=O)N1CCC(C)(C)CC1. The van der Waals surface area contributed by atoms with Crippen molar-refractivity contribution >= 4 is 15.9 Å². The van der Waals surface area contributed by atoms with E-state index in [-0.39, 0.29) is 16.2 Å². The first kappa shape index (κ1) is 16.0. The van der Waals surface area contributed by atoms with Gasteiger partial charge in [0.2, 0.25) is 10.0 Å². The van der Waals surface area contributed by atoms with Crippen molar-refractivity contribution in [3.05, 3.63) is 29.3 Å². The number of likely N-dealkylation sites (tertiary alicyclic amines) is 1. The van der Waals surface area contributed by atoms with Crippen LogP contribution in [0.5, 0.6) is 0 Å². The fourth-order valence-electron chi connectivity index (χ4n) is 2.54. The van der Waals surface area contributed by atoms with Gasteiger partial charge in [-0.25, -0.2) is 13.6 Å².